The lowest BCUT2D eigenvalue weighted by Crippen LogP contribution is -2.33. The van der Waals surface area contributed by atoms with E-state index in [1.54, 1.807) is 13.1 Å². The van der Waals surface area contributed by atoms with Crippen LogP contribution < -0.4 is 10.6 Å². The van der Waals surface area contributed by atoms with Crippen molar-refractivity contribution in [1.29, 1.82) is 5.41 Å². The molecule has 76 valence electrons. The maximum Gasteiger partial charge on any atom is 0.192 e. The van der Waals surface area contributed by atoms with E-state index in [1.165, 1.54) is 4.90 Å². The Morgan fingerprint density at radius 1 is 1.50 bits per heavy atom. The Morgan fingerprint density at radius 3 is 2.50 bits per heavy atom. The van der Waals surface area contributed by atoms with Crippen LogP contribution in [0.2, 0.25) is 5.02 Å². The van der Waals surface area contributed by atoms with Gasteiger partial charge in [0.15, 0.2) is 5.96 Å². The summed E-state index contributed by atoms with van der Waals surface area (Å²) in [6.07, 6.45) is 0. The monoisotopic (exact) mass is 339 g/mol. The third kappa shape index (κ3) is 2.40. The fraction of sp³-hybridized carbons (Fsp3) is 0.125. The fourth-order valence-electron chi connectivity index (χ4n) is 0.975. The topological polar surface area (TPSA) is 53.1 Å². The molecule has 6 heteroatoms. The molecule has 1 aromatic rings. The van der Waals surface area contributed by atoms with Gasteiger partial charge in [-0.3, -0.25) is 5.41 Å². The Balaban J connectivity index is 3.27. The molecule has 0 saturated carbocycles. The van der Waals surface area contributed by atoms with Crippen LogP contribution in [0.4, 0.5) is 5.69 Å². The smallest absolute Gasteiger partial charge is 0.192 e. The lowest BCUT2D eigenvalue weighted by Gasteiger charge is -2.19. The maximum atomic E-state index is 7.30. The second kappa shape index (κ2) is 4.51. The van der Waals surface area contributed by atoms with Crippen molar-refractivity contribution in [2.75, 3.05) is 11.9 Å². The highest BCUT2D eigenvalue weighted by Gasteiger charge is 2.13. The molecule has 3 N–H and O–H groups in total. The van der Waals surface area contributed by atoms with Crippen molar-refractivity contribution < 1.29 is 0 Å². The lowest BCUT2D eigenvalue weighted by atomic mass is 10.3. The first-order valence-corrected chi connectivity index (χ1v) is 5.62. The third-order valence-electron chi connectivity index (χ3n) is 1.68. The molecule has 0 fully saturated rings. The predicted octanol–water partition coefficient (Wildman–Crippen LogP) is 3.19. The first kappa shape index (κ1) is 11.8. The molecule has 0 heterocycles. The molecule has 0 unspecified atom stereocenters. The van der Waals surface area contributed by atoms with Crippen molar-refractivity contribution in [2.24, 2.45) is 5.73 Å². The number of guanidine groups is 1. The fourth-order valence-corrected chi connectivity index (χ4v) is 3.06. The number of nitrogens with two attached hydrogens (primary N) is 1. The van der Waals surface area contributed by atoms with Gasteiger partial charge in [0.25, 0.3) is 0 Å². The van der Waals surface area contributed by atoms with Crippen LogP contribution in [-0.4, -0.2) is 13.0 Å². The number of nitrogens with zero attached hydrogens (tertiary/aromatic N) is 1. The van der Waals surface area contributed by atoms with Crippen LogP contribution in [0.3, 0.4) is 0 Å². The minimum absolute atomic E-state index is 0.0603. The zero-order valence-electron chi connectivity index (χ0n) is 7.31. The number of benzene rings is 1. The normalized spacial score (nSPS) is 10.0. The second-order valence-corrected chi connectivity index (χ2v) is 4.84. The van der Waals surface area contributed by atoms with Gasteiger partial charge < -0.3 is 10.6 Å². The zero-order valence-corrected chi connectivity index (χ0v) is 11.2. The predicted molar refractivity (Wildman–Crippen MR) is 67.2 cm³/mol. The molecule has 0 amide bonds. The zero-order chi connectivity index (χ0) is 10.9. The van der Waals surface area contributed by atoms with Crippen LogP contribution in [0.25, 0.3) is 0 Å². The van der Waals surface area contributed by atoms with Gasteiger partial charge >= 0.3 is 0 Å². The summed E-state index contributed by atoms with van der Waals surface area (Å²) in [6, 6.07) is 3.60. The number of nitrogens with one attached hydrogen (secondary N) is 1. The van der Waals surface area contributed by atoms with E-state index in [2.05, 4.69) is 31.9 Å². The highest BCUT2D eigenvalue weighted by atomic mass is 79.9. The molecular formula is C8H8Br2ClN3. The number of hydrogen-bond acceptors (Lipinski definition) is 1. The molecule has 0 aliphatic carbocycles. The van der Waals surface area contributed by atoms with Gasteiger partial charge in [-0.15, -0.1) is 0 Å². The second-order valence-electron chi connectivity index (χ2n) is 2.66. The number of halogens is 3. The molecule has 1 rings (SSSR count). The largest absolute Gasteiger partial charge is 0.370 e. The minimum Gasteiger partial charge on any atom is -0.370 e. The van der Waals surface area contributed by atoms with Crippen molar-refractivity contribution in [3.8, 4) is 0 Å². The van der Waals surface area contributed by atoms with Gasteiger partial charge in [0, 0.05) is 16.0 Å². The molecule has 0 bridgehead atoms. The Kier molecular flexibility index (Phi) is 3.80. The molecule has 0 spiro atoms. The SMILES string of the molecule is CN(C(=N)N)c1c(Cl)cc(Br)cc1Br. The van der Waals surface area contributed by atoms with Crippen molar-refractivity contribution in [3.05, 3.63) is 26.1 Å². The van der Waals surface area contributed by atoms with Crippen molar-refractivity contribution in [3.63, 3.8) is 0 Å². The quantitative estimate of drug-likeness (QED) is 0.609. The average molecular weight is 341 g/mol. The molecule has 0 aliphatic heterocycles. The van der Waals surface area contributed by atoms with Gasteiger partial charge in [0.05, 0.1) is 10.7 Å². The molecule has 0 aromatic heterocycles. The summed E-state index contributed by atoms with van der Waals surface area (Å²) >= 11 is 12.7. The maximum absolute atomic E-state index is 7.30. The Morgan fingerprint density at radius 2 is 2.07 bits per heavy atom. The van der Waals surface area contributed by atoms with E-state index in [9.17, 15) is 0 Å². The van der Waals surface area contributed by atoms with Crippen LogP contribution in [0.1, 0.15) is 0 Å². The van der Waals surface area contributed by atoms with Gasteiger partial charge in [-0.05, 0) is 28.1 Å². The molecule has 0 aliphatic rings. The summed E-state index contributed by atoms with van der Waals surface area (Å²) in [5.74, 6) is -0.0603. The molecular weight excluding hydrogens is 333 g/mol. The van der Waals surface area contributed by atoms with E-state index in [0.717, 1.165) is 8.95 Å². The van der Waals surface area contributed by atoms with Crippen LogP contribution >= 0.6 is 43.5 Å². The highest BCUT2D eigenvalue weighted by molar-refractivity contribution is 9.11. The molecule has 0 radical (unpaired) electrons. The summed E-state index contributed by atoms with van der Waals surface area (Å²) in [5, 5.41) is 7.83. The number of rotatable bonds is 1. The van der Waals surface area contributed by atoms with Crippen molar-refractivity contribution in [2.45, 2.75) is 0 Å². The summed E-state index contributed by atoms with van der Waals surface area (Å²) in [6.45, 7) is 0. The van der Waals surface area contributed by atoms with Crippen molar-refractivity contribution >= 4 is 55.1 Å². The standard InChI is InChI=1S/C8H8Br2ClN3/c1-14(8(12)13)7-5(10)2-4(9)3-6(7)11/h2-3H,1H3,(H3,12,13). The van der Waals surface area contributed by atoms with Crippen LogP contribution in [0.5, 0.6) is 0 Å². The van der Waals surface area contributed by atoms with Crippen LogP contribution in [0, 0.1) is 5.41 Å². The van der Waals surface area contributed by atoms with E-state index < -0.39 is 0 Å². The Labute approximate surface area is 104 Å². The van der Waals surface area contributed by atoms with Gasteiger partial charge in [-0.25, -0.2) is 0 Å². The molecule has 3 nitrogen and oxygen atoms in total. The molecule has 0 atom stereocenters. The first-order valence-electron chi connectivity index (χ1n) is 3.65. The minimum atomic E-state index is -0.0603. The van der Waals surface area contributed by atoms with Gasteiger partial charge in [0.1, 0.15) is 0 Å². The summed E-state index contributed by atoms with van der Waals surface area (Å²) < 4.78 is 1.66. The van der Waals surface area contributed by atoms with Crippen LogP contribution in [-0.2, 0) is 0 Å². The van der Waals surface area contributed by atoms with E-state index in [4.69, 9.17) is 22.7 Å². The van der Waals surface area contributed by atoms with Gasteiger partial charge in [0.2, 0.25) is 0 Å². The summed E-state index contributed by atoms with van der Waals surface area (Å²) in [4.78, 5) is 1.50. The van der Waals surface area contributed by atoms with E-state index in [1.807, 2.05) is 6.07 Å². The summed E-state index contributed by atoms with van der Waals surface area (Å²) in [7, 11) is 1.68. The number of anilines is 1. The van der Waals surface area contributed by atoms with E-state index >= 15 is 0 Å². The van der Waals surface area contributed by atoms with Gasteiger partial charge in [-0.2, -0.15) is 0 Å². The highest BCUT2D eigenvalue weighted by Crippen LogP contribution is 2.36. The number of hydrogen-bond donors (Lipinski definition) is 2. The first-order chi connectivity index (χ1) is 6.43. The molecule has 1 aromatic carbocycles. The third-order valence-corrected chi connectivity index (χ3v) is 3.03. The molecule has 14 heavy (non-hydrogen) atoms. The van der Waals surface area contributed by atoms with E-state index in [-0.39, 0.29) is 5.96 Å². The van der Waals surface area contributed by atoms with E-state index in [0.29, 0.717) is 10.7 Å². The van der Waals surface area contributed by atoms with Crippen LogP contribution in [0.15, 0.2) is 21.1 Å². The Hall–Kier alpha value is -0.260. The average Bonchev–Trinajstić information content (AvgIpc) is 2.01. The lowest BCUT2D eigenvalue weighted by molar-refractivity contribution is 1.19. The molecule has 0 saturated heterocycles. The van der Waals surface area contributed by atoms with Gasteiger partial charge in [-0.1, -0.05) is 27.5 Å². The van der Waals surface area contributed by atoms with Crippen molar-refractivity contribution in [1.82, 2.24) is 0 Å². The Bertz CT molecular complexity index is 358. The summed E-state index contributed by atoms with van der Waals surface area (Å²) in [5.41, 5.74) is 6.04.